The van der Waals surface area contributed by atoms with E-state index in [2.05, 4.69) is 15.5 Å². The number of amides is 1. The lowest BCUT2D eigenvalue weighted by Gasteiger charge is -2.09. The van der Waals surface area contributed by atoms with E-state index >= 15 is 0 Å². The van der Waals surface area contributed by atoms with E-state index in [1.807, 2.05) is 13.8 Å². The van der Waals surface area contributed by atoms with Crippen LogP contribution in [0, 0.1) is 12.7 Å². The molecule has 1 N–H and O–H groups in total. The minimum absolute atomic E-state index is 0.0632. The predicted octanol–water partition coefficient (Wildman–Crippen LogP) is 3.11. The maximum Gasteiger partial charge on any atom is 0.251 e. The van der Waals surface area contributed by atoms with Gasteiger partial charge in [-0.05, 0) is 30.7 Å². The summed E-state index contributed by atoms with van der Waals surface area (Å²) in [6.07, 6.45) is 1.46. The Kier molecular flexibility index (Phi) is 5.16. The second-order valence-electron chi connectivity index (χ2n) is 6.52. The topological polar surface area (TPSA) is 90.0 Å². The highest BCUT2D eigenvalue weighted by Gasteiger charge is 2.14. The number of nitrogens with zero attached hydrogens (tertiary/aromatic N) is 3. The largest absolute Gasteiger partial charge is 0.420 e. The van der Waals surface area contributed by atoms with Gasteiger partial charge in [-0.1, -0.05) is 19.9 Å². The van der Waals surface area contributed by atoms with Crippen LogP contribution in [0.3, 0.4) is 0 Å². The number of hydrogen-bond donors (Lipinski definition) is 1. The molecule has 1 amide bonds. The summed E-state index contributed by atoms with van der Waals surface area (Å²) in [5.74, 6) is -0.234. The first-order chi connectivity index (χ1) is 12.8. The summed E-state index contributed by atoms with van der Waals surface area (Å²) in [4.78, 5) is 24.3. The minimum atomic E-state index is -0.531. The molecule has 0 aliphatic rings. The molecule has 140 valence electrons. The maximum absolute atomic E-state index is 13.9. The third-order valence-corrected chi connectivity index (χ3v) is 3.88. The second kappa shape index (κ2) is 7.53. The third kappa shape index (κ3) is 4.28. The minimum Gasteiger partial charge on any atom is -0.420 e. The van der Waals surface area contributed by atoms with Crippen LogP contribution in [0.5, 0.6) is 0 Å². The second-order valence-corrected chi connectivity index (χ2v) is 6.52. The third-order valence-electron chi connectivity index (χ3n) is 3.88. The number of aromatic nitrogens is 3. The Hall–Kier alpha value is -3.29. The molecule has 2 aromatic heterocycles. The van der Waals surface area contributed by atoms with Gasteiger partial charge in [0.25, 0.3) is 5.56 Å². The van der Waals surface area contributed by atoms with Gasteiger partial charge in [-0.3, -0.25) is 9.59 Å². The number of benzene rings is 1. The fourth-order valence-electron chi connectivity index (χ4n) is 2.43. The van der Waals surface area contributed by atoms with Crippen molar-refractivity contribution in [3.63, 3.8) is 0 Å². The molecule has 0 atom stereocenters. The Bertz CT molecular complexity index is 1040. The van der Waals surface area contributed by atoms with E-state index in [4.69, 9.17) is 4.42 Å². The molecule has 0 bridgehead atoms. The van der Waals surface area contributed by atoms with Gasteiger partial charge in [0, 0.05) is 18.2 Å². The van der Waals surface area contributed by atoms with Gasteiger partial charge in [0.05, 0.1) is 11.3 Å². The van der Waals surface area contributed by atoms with Crippen molar-refractivity contribution >= 4 is 11.6 Å². The van der Waals surface area contributed by atoms with Crippen molar-refractivity contribution in [1.29, 1.82) is 0 Å². The molecule has 1 aromatic carbocycles. The van der Waals surface area contributed by atoms with Gasteiger partial charge in [0.1, 0.15) is 12.4 Å². The monoisotopic (exact) mass is 370 g/mol. The number of carbonyl (C=O) groups is 1. The molecule has 0 saturated carbocycles. The van der Waals surface area contributed by atoms with Crippen LogP contribution < -0.4 is 10.9 Å². The normalized spacial score (nSPS) is 11.0. The zero-order valence-electron chi connectivity index (χ0n) is 15.2. The molecule has 0 aliphatic heterocycles. The van der Waals surface area contributed by atoms with Crippen molar-refractivity contribution in [2.24, 2.45) is 0 Å². The van der Waals surface area contributed by atoms with Crippen LogP contribution in [0.2, 0.25) is 0 Å². The zero-order chi connectivity index (χ0) is 19.6. The molecule has 0 aliphatic carbocycles. The lowest BCUT2D eigenvalue weighted by Crippen LogP contribution is -2.27. The smallest absolute Gasteiger partial charge is 0.251 e. The van der Waals surface area contributed by atoms with Gasteiger partial charge in [0.15, 0.2) is 0 Å². The van der Waals surface area contributed by atoms with Gasteiger partial charge in [-0.2, -0.15) is 0 Å². The van der Waals surface area contributed by atoms with Gasteiger partial charge < -0.3 is 14.3 Å². The summed E-state index contributed by atoms with van der Waals surface area (Å²) in [6, 6.07) is 7.35. The zero-order valence-corrected chi connectivity index (χ0v) is 15.2. The van der Waals surface area contributed by atoms with Gasteiger partial charge in [0.2, 0.25) is 17.7 Å². The Morgan fingerprint density at radius 1 is 1.26 bits per heavy atom. The molecule has 7 nitrogen and oxygen atoms in total. The first-order valence-electron chi connectivity index (χ1n) is 8.44. The van der Waals surface area contributed by atoms with E-state index < -0.39 is 11.7 Å². The molecule has 0 radical (unpaired) electrons. The quantitative estimate of drug-likeness (QED) is 0.745. The highest BCUT2D eigenvalue weighted by Crippen LogP contribution is 2.20. The van der Waals surface area contributed by atoms with Crippen LogP contribution in [-0.2, 0) is 11.3 Å². The molecular formula is C19H19FN4O3. The van der Waals surface area contributed by atoms with Crippen LogP contribution in [0.15, 0.2) is 45.7 Å². The summed E-state index contributed by atoms with van der Waals surface area (Å²) in [5.41, 5.74) is 0.952. The molecular weight excluding hydrogens is 351 g/mol. The van der Waals surface area contributed by atoms with Crippen molar-refractivity contribution in [3.8, 4) is 11.5 Å². The van der Waals surface area contributed by atoms with Crippen LogP contribution in [0.25, 0.3) is 11.5 Å². The predicted molar refractivity (Wildman–Crippen MR) is 97.8 cm³/mol. The van der Waals surface area contributed by atoms with E-state index in [-0.39, 0.29) is 29.6 Å². The van der Waals surface area contributed by atoms with Crippen molar-refractivity contribution in [2.45, 2.75) is 33.2 Å². The Morgan fingerprint density at radius 2 is 2.04 bits per heavy atom. The fraction of sp³-hybridized carbons (Fsp3) is 0.263. The lowest BCUT2D eigenvalue weighted by molar-refractivity contribution is -0.116. The number of carbonyl (C=O) groups excluding carboxylic acids is 1. The van der Waals surface area contributed by atoms with Crippen molar-refractivity contribution in [1.82, 2.24) is 14.8 Å². The Morgan fingerprint density at radius 3 is 2.70 bits per heavy atom. The molecule has 2 heterocycles. The van der Waals surface area contributed by atoms with Crippen molar-refractivity contribution in [2.75, 3.05) is 5.32 Å². The van der Waals surface area contributed by atoms with Crippen LogP contribution >= 0.6 is 0 Å². The number of aryl methyl sites for hydroxylation is 1. The number of hydrogen-bond acceptors (Lipinski definition) is 5. The molecule has 3 rings (SSSR count). The summed E-state index contributed by atoms with van der Waals surface area (Å²) >= 11 is 0. The van der Waals surface area contributed by atoms with Gasteiger partial charge in [-0.25, -0.2) is 4.39 Å². The highest BCUT2D eigenvalue weighted by atomic mass is 19.1. The summed E-state index contributed by atoms with van der Waals surface area (Å²) in [7, 11) is 0. The van der Waals surface area contributed by atoms with E-state index in [0.717, 1.165) is 5.56 Å². The standard InChI is InChI=1S/C19H19FN4O3/c1-11(2)18-22-23-19(27-18)13-5-7-17(26)24(9-13)10-16(25)21-15-6-4-12(3)8-14(15)20/h4-9,11H,10H2,1-3H3,(H,21,25). The Balaban J connectivity index is 1.79. The van der Waals surface area contributed by atoms with Crippen LogP contribution in [-0.4, -0.2) is 20.7 Å². The van der Waals surface area contributed by atoms with Gasteiger partial charge in [-0.15, -0.1) is 10.2 Å². The fourth-order valence-corrected chi connectivity index (χ4v) is 2.43. The lowest BCUT2D eigenvalue weighted by atomic mass is 10.2. The molecule has 0 unspecified atom stereocenters. The Labute approximate surface area is 154 Å². The van der Waals surface area contributed by atoms with E-state index in [9.17, 15) is 14.0 Å². The number of halogens is 1. The number of pyridine rings is 1. The van der Waals surface area contributed by atoms with Crippen molar-refractivity contribution in [3.05, 3.63) is 64.2 Å². The van der Waals surface area contributed by atoms with Crippen LogP contribution in [0.4, 0.5) is 10.1 Å². The molecule has 27 heavy (non-hydrogen) atoms. The summed E-state index contributed by atoms with van der Waals surface area (Å²) in [5, 5.41) is 10.4. The molecule has 3 aromatic rings. The first-order valence-corrected chi connectivity index (χ1v) is 8.44. The average molecular weight is 370 g/mol. The summed E-state index contributed by atoms with van der Waals surface area (Å²) < 4.78 is 20.6. The average Bonchev–Trinajstić information content (AvgIpc) is 3.10. The molecule has 0 spiro atoms. The molecule has 0 fully saturated rings. The maximum atomic E-state index is 13.9. The van der Waals surface area contributed by atoms with Gasteiger partial charge >= 0.3 is 0 Å². The molecule has 8 heteroatoms. The SMILES string of the molecule is Cc1ccc(NC(=O)Cn2cc(-c3nnc(C(C)C)o3)ccc2=O)c(F)c1. The van der Waals surface area contributed by atoms with E-state index in [1.165, 1.54) is 29.0 Å². The highest BCUT2D eigenvalue weighted by molar-refractivity contribution is 5.90. The van der Waals surface area contributed by atoms with E-state index in [1.54, 1.807) is 19.1 Å². The van der Waals surface area contributed by atoms with E-state index in [0.29, 0.717) is 11.5 Å². The van der Waals surface area contributed by atoms with Crippen LogP contribution in [0.1, 0.15) is 31.2 Å². The number of anilines is 1. The molecule has 0 saturated heterocycles. The summed E-state index contributed by atoms with van der Waals surface area (Å²) in [6.45, 7) is 5.33. The number of nitrogens with one attached hydrogen (secondary N) is 1. The first kappa shape index (κ1) is 18.5. The number of rotatable bonds is 5. The van der Waals surface area contributed by atoms with Crippen molar-refractivity contribution < 1.29 is 13.6 Å².